The summed E-state index contributed by atoms with van der Waals surface area (Å²) in [6.07, 6.45) is 1.95. The van der Waals surface area contributed by atoms with Gasteiger partial charge in [0.1, 0.15) is 4.88 Å². The van der Waals surface area contributed by atoms with Gasteiger partial charge in [0.15, 0.2) is 0 Å². The number of nitrogen functional groups attached to an aromatic ring is 1. The number of likely N-dealkylation sites (tertiary alicyclic amines) is 1. The molecular weight excluding hydrogens is 338 g/mol. The molecule has 3 rings (SSSR count). The molecule has 20 heavy (non-hydrogen) atoms. The summed E-state index contributed by atoms with van der Waals surface area (Å²) in [6.45, 7) is 1.39. The van der Waals surface area contributed by atoms with E-state index in [2.05, 4.69) is 15.9 Å². The lowest BCUT2D eigenvalue weighted by Gasteiger charge is -2.30. The maximum atomic E-state index is 12.6. The second-order valence-corrected chi connectivity index (χ2v) is 7.11. The van der Waals surface area contributed by atoms with Gasteiger partial charge < -0.3 is 16.4 Å². The van der Waals surface area contributed by atoms with Crippen LogP contribution in [0.2, 0.25) is 0 Å². The fraction of sp³-hybridized carbons (Fsp3) is 0.357. The van der Waals surface area contributed by atoms with Crippen molar-refractivity contribution in [3.63, 3.8) is 0 Å². The van der Waals surface area contributed by atoms with Crippen molar-refractivity contribution < 1.29 is 4.79 Å². The number of amides is 1. The number of rotatable bonds is 1. The predicted octanol–water partition coefficient (Wildman–Crippen LogP) is 2.81. The zero-order valence-corrected chi connectivity index (χ0v) is 13.3. The third kappa shape index (κ3) is 2.43. The van der Waals surface area contributed by atoms with Crippen molar-refractivity contribution >= 4 is 48.9 Å². The van der Waals surface area contributed by atoms with Gasteiger partial charge in [-0.15, -0.1) is 11.3 Å². The van der Waals surface area contributed by atoms with Crippen LogP contribution in [0.1, 0.15) is 22.5 Å². The van der Waals surface area contributed by atoms with Gasteiger partial charge in [-0.05, 0) is 25.0 Å². The molecule has 0 spiro atoms. The number of anilines is 1. The molecule has 0 bridgehead atoms. The Hall–Kier alpha value is -1.11. The smallest absolute Gasteiger partial charge is 0.266 e. The molecule has 4 N–H and O–H groups in total. The van der Waals surface area contributed by atoms with Crippen molar-refractivity contribution in [3.8, 4) is 0 Å². The molecule has 1 aromatic carbocycles. The largest absolute Gasteiger partial charge is 0.397 e. The second-order valence-electron chi connectivity index (χ2n) is 5.14. The Morgan fingerprint density at radius 1 is 1.45 bits per heavy atom. The van der Waals surface area contributed by atoms with Crippen molar-refractivity contribution in [1.82, 2.24) is 4.90 Å². The van der Waals surface area contributed by atoms with E-state index in [-0.39, 0.29) is 11.9 Å². The Kier molecular flexibility index (Phi) is 3.70. The van der Waals surface area contributed by atoms with Crippen LogP contribution < -0.4 is 11.5 Å². The van der Waals surface area contributed by atoms with Gasteiger partial charge in [0.2, 0.25) is 0 Å². The fourth-order valence-corrected chi connectivity index (χ4v) is 4.23. The van der Waals surface area contributed by atoms with Gasteiger partial charge in [0.05, 0.1) is 5.69 Å². The Bertz CT molecular complexity index is 670. The van der Waals surface area contributed by atoms with Crippen LogP contribution in [0.5, 0.6) is 0 Å². The normalized spacial score (nSPS) is 19.5. The number of nitrogens with zero attached hydrogens (tertiary/aromatic N) is 1. The molecule has 1 aromatic heterocycles. The standard InChI is InChI=1S/C14H16BrN3OS/c15-8-3-4-10-11(6-8)20-13(12(10)17)14(19)18-5-1-2-9(16)7-18/h3-4,6,9H,1-2,5,7,16-17H2. The molecule has 6 heteroatoms. The number of halogens is 1. The lowest BCUT2D eigenvalue weighted by atomic mass is 10.1. The topological polar surface area (TPSA) is 72.4 Å². The van der Waals surface area contributed by atoms with Gasteiger partial charge in [-0.25, -0.2) is 0 Å². The number of benzene rings is 1. The summed E-state index contributed by atoms with van der Waals surface area (Å²) in [5.74, 6) is 0.00923. The third-order valence-electron chi connectivity index (χ3n) is 3.63. The summed E-state index contributed by atoms with van der Waals surface area (Å²) >= 11 is 4.90. The minimum atomic E-state index is 0.00923. The average molecular weight is 354 g/mol. The molecule has 0 saturated carbocycles. The van der Waals surface area contributed by atoms with Crippen molar-refractivity contribution in [2.45, 2.75) is 18.9 Å². The van der Waals surface area contributed by atoms with E-state index >= 15 is 0 Å². The Balaban J connectivity index is 1.97. The SMILES string of the molecule is Nc1c(C(=O)N2CCCC(N)C2)sc2cc(Br)ccc12. The number of hydrogen-bond donors (Lipinski definition) is 2. The van der Waals surface area contributed by atoms with Gasteiger partial charge in [0.25, 0.3) is 5.91 Å². The van der Waals surface area contributed by atoms with Crippen LogP contribution in [0.25, 0.3) is 10.1 Å². The zero-order valence-electron chi connectivity index (χ0n) is 10.9. The average Bonchev–Trinajstić information content (AvgIpc) is 2.74. The van der Waals surface area contributed by atoms with Crippen LogP contribution in [-0.4, -0.2) is 29.9 Å². The summed E-state index contributed by atoms with van der Waals surface area (Å²) < 4.78 is 2.02. The number of carbonyl (C=O) groups excluding carboxylic acids is 1. The number of piperidine rings is 1. The fourth-order valence-electron chi connectivity index (χ4n) is 2.59. The number of carbonyl (C=O) groups is 1. The van der Waals surface area contributed by atoms with Crippen LogP contribution in [0.15, 0.2) is 22.7 Å². The number of nitrogens with two attached hydrogens (primary N) is 2. The molecule has 1 fully saturated rings. The van der Waals surface area contributed by atoms with Crippen molar-refractivity contribution in [2.75, 3.05) is 18.8 Å². The van der Waals surface area contributed by atoms with Gasteiger partial charge in [0, 0.05) is 33.7 Å². The van der Waals surface area contributed by atoms with Crippen molar-refractivity contribution in [1.29, 1.82) is 0 Å². The molecule has 1 aliphatic heterocycles. The van der Waals surface area contributed by atoms with E-state index in [0.717, 1.165) is 33.9 Å². The van der Waals surface area contributed by atoms with E-state index in [9.17, 15) is 4.79 Å². The molecule has 106 valence electrons. The zero-order chi connectivity index (χ0) is 14.3. The summed E-state index contributed by atoms with van der Waals surface area (Å²) in [4.78, 5) is 15.1. The van der Waals surface area contributed by atoms with Gasteiger partial charge in [-0.1, -0.05) is 22.0 Å². The molecule has 2 heterocycles. The van der Waals surface area contributed by atoms with E-state index in [1.165, 1.54) is 11.3 Å². The van der Waals surface area contributed by atoms with Crippen molar-refractivity contribution in [2.24, 2.45) is 5.73 Å². The molecule has 1 atom stereocenters. The first-order valence-electron chi connectivity index (χ1n) is 6.58. The maximum absolute atomic E-state index is 12.6. The highest BCUT2D eigenvalue weighted by molar-refractivity contribution is 9.10. The van der Waals surface area contributed by atoms with Crippen LogP contribution in [0, 0.1) is 0 Å². The summed E-state index contributed by atoms with van der Waals surface area (Å²) in [7, 11) is 0. The van der Waals surface area contributed by atoms with Crippen molar-refractivity contribution in [3.05, 3.63) is 27.5 Å². The highest BCUT2D eigenvalue weighted by Crippen LogP contribution is 2.36. The summed E-state index contributed by atoms with van der Waals surface area (Å²) in [5, 5.41) is 0.947. The van der Waals surface area contributed by atoms with Gasteiger partial charge in [-0.3, -0.25) is 4.79 Å². The molecule has 1 unspecified atom stereocenters. The second kappa shape index (κ2) is 5.35. The molecule has 2 aromatic rings. The molecule has 1 saturated heterocycles. The molecule has 4 nitrogen and oxygen atoms in total. The Morgan fingerprint density at radius 3 is 3.00 bits per heavy atom. The highest BCUT2D eigenvalue weighted by atomic mass is 79.9. The predicted molar refractivity (Wildman–Crippen MR) is 87.1 cm³/mol. The molecule has 0 radical (unpaired) electrons. The number of thiophene rings is 1. The van der Waals surface area contributed by atoms with Gasteiger partial charge in [-0.2, -0.15) is 0 Å². The van der Waals surface area contributed by atoms with Gasteiger partial charge >= 0.3 is 0 Å². The molecular formula is C14H16BrN3OS. The van der Waals surface area contributed by atoms with Crippen LogP contribution in [-0.2, 0) is 0 Å². The summed E-state index contributed by atoms with van der Waals surface area (Å²) in [5.41, 5.74) is 12.7. The number of fused-ring (bicyclic) bond motifs is 1. The summed E-state index contributed by atoms with van der Waals surface area (Å²) in [6, 6.07) is 5.97. The third-order valence-corrected chi connectivity index (χ3v) is 5.28. The minimum absolute atomic E-state index is 0.00923. The first-order valence-corrected chi connectivity index (χ1v) is 8.19. The molecule has 0 aliphatic carbocycles. The van der Waals surface area contributed by atoms with E-state index in [4.69, 9.17) is 11.5 Å². The minimum Gasteiger partial charge on any atom is -0.397 e. The van der Waals surface area contributed by atoms with Crippen LogP contribution >= 0.6 is 27.3 Å². The first kappa shape index (κ1) is 13.9. The maximum Gasteiger partial charge on any atom is 0.266 e. The first-order chi connectivity index (χ1) is 9.56. The lowest BCUT2D eigenvalue weighted by Crippen LogP contribution is -2.45. The molecule has 1 amide bonds. The van der Waals surface area contributed by atoms with E-state index < -0.39 is 0 Å². The van der Waals surface area contributed by atoms with E-state index in [1.807, 2.05) is 23.1 Å². The molecule has 1 aliphatic rings. The highest BCUT2D eigenvalue weighted by Gasteiger charge is 2.25. The Labute approximate surface area is 129 Å². The van der Waals surface area contributed by atoms with Crippen LogP contribution in [0.4, 0.5) is 5.69 Å². The quantitative estimate of drug-likeness (QED) is 0.827. The number of hydrogen-bond acceptors (Lipinski definition) is 4. The van der Waals surface area contributed by atoms with E-state index in [0.29, 0.717) is 17.1 Å². The van der Waals surface area contributed by atoms with E-state index in [1.54, 1.807) is 0 Å². The Morgan fingerprint density at radius 2 is 2.25 bits per heavy atom. The van der Waals surface area contributed by atoms with Crippen LogP contribution in [0.3, 0.4) is 0 Å². The lowest BCUT2D eigenvalue weighted by molar-refractivity contribution is 0.0715. The monoisotopic (exact) mass is 353 g/mol.